The normalized spacial score (nSPS) is 18.9. The number of nitrogens with zero attached hydrogens (tertiary/aromatic N) is 1. The molecule has 0 fully saturated rings. The SMILES string of the molecule is COC(=O)/C=C/[C@@H]1COC(c2ccccc2)=N1. The number of hydrogen-bond acceptors (Lipinski definition) is 4. The summed E-state index contributed by atoms with van der Waals surface area (Å²) < 4.78 is 9.97. The largest absolute Gasteiger partial charge is 0.475 e. The molecule has 0 amide bonds. The van der Waals surface area contributed by atoms with Crippen LogP contribution in [0, 0.1) is 0 Å². The molecule has 1 heterocycles. The minimum atomic E-state index is -0.381. The van der Waals surface area contributed by atoms with Crippen LogP contribution in [0.1, 0.15) is 5.56 Å². The third-order valence-corrected chi connectivity index (χ3v) is 2.35. The lowest BCUT2D eigenvalue weighted by atomic mass is 10.2. The van der Waals surface area contributed by atoms with E-state index in [4.69, 9.17) is 4.74 Å². The van der Waals surface area contributed by atoms with Crippen LogP contribution in [0.2, 0.25) is 0 Å². The average molecular weight is 231 g/mol. The van der Waals surface area contributed by atoms with Crippen molar-refractivity contribution in [2.75, 3.05) is 13.7 Å². The number of rotatable bonds is 3. The average Bonchev–Trinajstić information content (AvgIpc) is 2.86. The van der Waals surface area contributed by atoms with Gasteiger partial charge in [0, 0.05) is 11.6 Å². The highest BCUT2D eigenvalue weighted by Crippen LogP contribution is 2.12. The molecular formula is C13H13NO3. The van der Waals surface area contributed by atoms with Gasteiger partial charge in [-0.1, -0.05) is 18.2 Å². The number of hydrogen-bond donors (Lipinski definition) is 0. The first kappa shape index (κ1) is 11.4. The topological polar surface area (TPSA) is 47.9 Å². The fourth-order valence-corrected chi connectivity index (χ4v) is 1.48. The third-order valence-electron chi connectivity index (χ3n) is 2.35. The Balaban J connectivity index is 2.04. The fourth-order valence-electron chi connectivity index (χ4n) is 1.48. The van der Waals surface area contributed by atoms with Gasteiger partial charge < -0.3 is 9.47 Å². The van der Waals surface area contributed by atoms with Gasteiger partial charge in [-0.15, -0.1) is 0 Å². The van der Waals surface area contributed by atoms with E-state index in [0.29, 0.717) is 12.5 Å². The zero-order valence-corrected chi connectivity index (χ0v) is 9.50. The van der Waals surface area contributed by atoms with Crippen LogP contribution in [0.25, 0.3) is 0 Å². The van der Waals surface area contributed by atoms with Gasteiger partial charge in [0.25, 0.3) is 0 Å². The molecule has 1 aromatic carbocycles. The van der Waals surface area contributed by atoms with Crippen LogP contribution in [-0.4, -0.2) is 31.6 Å². The molecule has 1 aliphatic rings. The number of ether oxygens (including phenoxy) is 2. The van der Waals surface area contributed by atoms with E-state index >= 15 is 0 Å². The molecular weight excluding hydrogens is 218 g/mol. The molecule has 0 radical (unpaired) electrons. The number of carbonyl (C=O) groups excluding carboxylic acids is 1. The maximum absolute atomic E-state index is 10.9. The number of esters is 1. The van der Waals surface area contributed by atoms with Gasteiger partial charge in [-0.2, -0.15) is 0 Å². The number of benzene rings is 1. The van der Waals surface area contributed by atoms with Gasteiger partial charge in [0.1, 0.15) is 12.6 Å². The minimum absolute atomic E-state index is 0.121. The maximum atomic E-state index is 10.9. The molecule has 1 aliphatic heterocycles. The quantitative estimate of drug-likeness (QED) is 0.586. The summed E-state index contributed by atoms with van der Waals surface area (Å²) >= 11 is 0. The molecule has 1 atom stereocenters. The van der Waals surface area contributed by atoms with Gasteiger partial charge in [0.05, 0.1) is 7.11 Å². The van der Waals surface area contributed by atoms with Crippen LogP contribution in [-0.2, 0) is 14.3 Å². The first-order valence-electron chi connectivity index (χ1n) is 5.32. The van der Waals surface area contributed by atoms with Crippen molar-refractivity contribution < 1.29 is 14.3 Å². The molecule has 0 aromatic heterocycles. The van der Waals surface area contributed by atoms with Crippen molar-refractivity contribution in [2.24, 2.45) is 4.99 Å². The van der Waals surface area contributed by atoms with E-state index < -0.39 is 0 Å². The van der Waals surface area contributed by atoms with E-state index in [1.54, 1.807) is 6.08 Å². The second-order valence-electron chi connectivity index (χ2n) is 3.56. The van der Waals surface area contributed by atoms with Crippen molar-refractivity contribution in [3.8, 4) is 0 Å². The molecule has 4 heteroatoms. The molecule has 88 valence electrons. The molecule has 1 aromatic rings. The predicted octanol–water partition coefficient (Wildman–Crippen LogP) is 1.56. The highest BCUT2D eigenvalue weighted by atomic mass is 16.5. The lowest BCUT2D eigenvalue weighted by Crippen LogP contribution is -2.04. The Hall–Kier alpha value is -2.10. The number of aliphatic imine (C=N–C) groups is 1. The van der Waals surface area contributed by atoms with Gasteiger partial charge in [-0.25, -0.2) is 9.79 Å². The standard InChI is InChI=1S/C13H13NO3/c1-16-12(15)8-7-11-9-17-13(14-11)10-5-3-2-4-6-10/h2-8,11H,9H2,1H3/b8-7+/t11-/m1/s1. The van der Waals surface area contributed by atoms with E-state index in [9.17, 15) is 4.79 Å². The Labute approximate surface area is 99.6 Å². The van der Waals surface area contributed by atoms with Crippen molar-refractivity contribution in [1.29, 1.82) is 0 Å². The zero-order chi connectivity index (χ0) is 12.1. The Kier molecular flexibility index (Phi) is 3.55. The van der Waals surface area contributed by atoms with Crippen molar-refractivity contribution >= 4 is 11.9 Å². The van der Waals surface area contributed by atoms with Crippen LogP contribution < -0.4 is 0 Å². The molecule has 0 saturated heterocycles. The van der Waals surface area contributed by atoms with Crippen LogP contribution in [0.5, 0.6) is 0 Å². The summed E-state index contributed by atoms with van der Waals surface area (Å²) in [7, 11) is 1.34. The van der Waals surface area contributed by atoms with Crippen LogP contribution in [0.3, 0.4) is 0 Å². The van der Waals surface area contributed by atoms with E-state index in [0.717, 1.165) is 5.56 Å². The second-order valence-corrected chi connectivity index (χ2v) is 3.56. The lowest BCUT2D eigenvalue weighted by Gasteiger charge is -1.99. The number of carbonyl (C=O) groups is 1. The van der Waals surface area contributed by atoms with E-state index in [2.05, 4.69) is 9.73 Å². The van der Waals surface area contributed by atoms with Gasteiger partial charge in [0.2, 0.25) is 5.90 Å². The maximum Gasteiger partial charge on any atom is 0.330 e. The molecule has 0 N–H and O–H groups in total. The highest BCUT2D eigenvalue weighted by Gasteiger charge is 2.17. The van der Waals surface area contributed by atoms with Crippen LogP contribution >= 0.6 is 0 Å². The summed E-state index contributed by atoms with van der Waals surface area (Å²) in [6, 6.07) is 9.55. The Morgan fingerprint density at radius 3 is 2.94 bits per heavy atom. The molecule has 4 nitrogen and oxygen atoms in total. The molecule has 0 saturated carbocycles. The highest BCUT2D eigenvalue weighted by molar-refractivity contribution is 5.95. The monoisotopic (exact) mass is 231 g/mol. The first-order chi connectivity index (χ1) is 8.29. The van der Waals surface area contributed by atoms with Crippen molar-refractivity contribution in [1.82, 2.24) is 0 Å². The Bertz CT molecular complexity index is 451. The molecule has 2 rings (SSSR count). The van der Waals surface area contributed by atoms with Gasteiger partial charge >= 0.3 is 5.97 Å². The first-order valence-corrected chi connectivity index (χ1v) is 5.32. The molecule has 0 spiro atoms. The minimum Gasteiger partial charge on any atom is -0.475 e. The van der Waals surface area contributed by atoms with Crippen molar-refractivity contribution in [3.05, 3.63) is 48.0 Å². The van der Waals surface area contributed by atoms with Crippen molar-refractivity contribution in [3.63, 3.8) is 0 Å². The van der Waals surface area contributed by atoms with E-state index in [1.807, 2.05) is 30.3 Å². The van der Waals surface area contributed by atoms with E-state index in [1.165, 1.54) is 13.2 Å². The second kappa shape index (κ2) is 5.30. The smallest absolute Gasteiger partial charge is 0.330 e. The van der Waals surface area contributed by atoms with Crippen LogP contribution in [0.15, 0.2) is 47.5 Å². The molecule has 17 heavy (non-hydrogen) atoms. The van der Waals surface area contributed by atoms with Gasteiger partial charge in [-0.05, 0) is 18.2 Å². The Morgan fingerprint density at radius 1 is 1.47 bits per heavy atom. The molecule has 0 aliphatic carbocycles. The van der Waals surface area contributed by atoms with E-state index in [-0.39, 0.29) is 12.0 Å². The fraction of sp³-hybridized carbons (Fsp3) is 0.231. The van der Waals surface area contributed by atoms with Crippen molar-refractivity contribution in [2.45, 2.75) is 6.04 Å². The predicted molar refractivity (Wildman–Crippen MR) is 63.9 cm³/mol. The summed E-state index contributed by atoms with van der Waals surface area (Å²) in [5, 5.41) is 0. The lowest BCUT2D eigenvalue weighted by molar-refractivity contribution is -0.134. The summed E-state index contributed by atoms with van der Waals surface area (Å²) in [6.07, 6.45) is 3.05. The third kappa shape index (κ3) is 2.93. The summed E-state index contributed by atoms with van der Waals surface area (Å²) in [6.45, 7) is 0.456. The van der Waals surface area contributed by atoms with Crippen LogP contribution in [0.4, 0.5) is 0 Å². The van der Waals surface area contributed by atoms with Gasteiger partial charge in [0.15, 0.2) is 0 Å². The summed E-state index contributed by atoms with van der Waals surface area (Å²) in [5.41, 5.74) is 0.946. The molecule has 0 unspecified atom stereocenters. The summed E-state index contributed by atoms with van der Waals surface area (Å²) in [5.74, 6) is 0.235. The zero-order valence-electron chi connectivity index (χ0n) is 9.50. The molecule has 0 bridgehead atoms. The van der Waals surface area contributed by atoms with Gasteiger partial charge in [-0.3, -0.25) is 0 Å². The number of methoxy groups -OCH3 is 1. The summed E-state index contributed by atoms with van der Waals surface area (Å²) in [4.78, 5) is 15.3. The Morgan fingerprint density at radius 2 is 2.24 bits per heavy atom.